The molecule has 2 heterocycles. The highest BCUT2D eigenvalue weighted by Crippen LogP contribution is 2.62. The standard InChI is InChI=1S/C20H31N3OS/c1-4-21-19(22-13(2)12-15-7-6-14(3)25-15)23-17-16-8-11-24-18(16)20(17)9-5-10-20/h6-7,13,16-18H,4-5,8-12H2,1-3H3,(H2,21,22,23). The SMILES string of the molecule is CCN=C(NC(C)Cc1ccc(C)s1)NC1C2CCOC2C12CCC2. The molecule has 4 atom stereocenters. The molecule has 1 spiro atoms. The molecule has 138 valence electrons. The lowest BCUT2D eigenvalue weighted by molar-refractivity contribution is -0.171. The van der Waals surface area contributed by atoms with E-state index in [0.717, 1.165) is 25.5 Å². The number of hydrogen-bond acceptors (Lipinski definition) is 3. The highest BCUT2D eigenvalue weighted by atomic mass is 32.1. The third-order valence-corrected chi connectivity index (χ3v) is 7.35. The summed E-state index contributed by atoms with van der Waals surface area (Å²) in [6, 6.07) is 5.38. The Morgan fingerprint density at radius 3 is 2.92 bits per heavy atom. The molecule has 25 heavy (non-hydrogen) atoms. The smallest absolute Gasteiger partial charge is 0.191 e. The van der Waals surface area contributed by atoms with E-state index in [1.54, 1.807) is 0 Å². The van der Waals surface area contributed by atoms with Crippen LogP contribution in [0.25, 0.3) is 0 Å². The zero-order chi connectivity index (χ0) is 17.4. The lowest BCUT2D eigenvalue weighted by Crippen LogP contribution is -2.72. The minimum absolute atomic E-state index is 0.379. The molecule has 3 aliphatic rings. The van der Waals surface area contributed by atoms with Crippen LogP contribution in [0, 0.1) is 18.3 Å². The Hall–Kier alpha value is -1.07. The quantitative estimate of drug-likeness (QED) is 0.623. The maximum absolute atomic E-state index is 6.04. The van der Waals surface area contributed by atoms with E-state index < -0.39 is 0 Å². The molecule has 1 aromatic heterocycles. The van der Waals surface area contributed by atoms with Crippen LogP contribution in [0.5, 0.6) is 0 Å². The summed E-state index contributed by atoms with van der Waals surface area (Å²) in [7, 11) is 0. The zero-order valence-corrected chi connectivity index (χ0v) is 16.5. The summed E-state index contributed by atoms with van der Waals surface area (Å²) in [5.41, 5.74) is 0.394. The Bertz CT molecular complexity index is 637. The molecule has 1 aliphatic heterocycles. The van der Waals surface area contributed by atoms with Crippen molar-refractivity contribution < 1.29 is 4.74 Å². The number of hydrogen-bond donors (Lipinski definition) is 2. The van der Waals surface area contributed by atoms with E-state index in [9.17, 15) is 0 Å². The van der Waals surface area contributed by atoms with Crippen molar-refractivity contribution in [1.82, 2.24) is 10.6 Å². The van der Waals surface area contributed by atoms with Crippen LogP contribution in [-0.4, -0.2) is 37.3 Å². The van der Waals surface area contributed by atoms with Gasteiger partial charge in [0.25, 0.3) is 0 Å². The van der Waals surface area contributed by atoms with Crippen LogP contribution in [0.15, 0.2) is 17.1 Å². The number of nitrogens with one attached hydrogen (secondary N) is 2. The number of aryl methyl sites for hydroxylation is 1. The van der Waals surface area contributed by atoms with E-state index in [1.165, 1.54) is 35.4 Å². The fourth-order valence-electron chi connectivity index (χ4n) is 5.08. The van der Waals surface area contributed by atoms with E-state index in [1.807, 2.05) is 11.3 Å². The van der Waals surface area contributed by atoms with Crippen LogP contribution in [0.4, 0.5) is 0 Å². The van der Waals surface area contributed by atoms with Gasteiger partial charge in [-0.05, 0) is 52.2 Å². The van der Waals surface area contributed by atoms with E-state index in [4.69, 9.17) is 9.73 Å². The van der Waals surface area contributed by atoms with Crippen LogP contribution >= 0.6 is 11.3 Å². The normalized spacial score (nSPS) is 31.2. The van der Waals surface area contributed by atoms with Gasteiger partial charge in [0.2, 0.25) is 0 Å². The first-order chi connectivity index (χ1) is 12.1. The molecular weight excluding hydrogens is 330 g/mol. The van der Waals surface area contributed by atoms with Crippen LogP contribution in [0.1, 0.15) is 49.3 Å². The Labute approximate surface area is 155 Å². The van der Waals surface area contributed by atoms with E-state index >= 15 is 0 Å². The van der Waals surface area contributed by atoms with Gasteiger partial charge in [0.1, 0.15) is 0 Å². The Morgan fingerprint density at radius 2 is 2.28 bits per heavy atom. The van der Waals surface area contributed by atoms with Gasteiger partial charge in [-0.3, -0.25) is 4.99 Å². The number of ether oxygens (including phenoxy) is 1. The lowest BCUT2D eigenvalue weighted by atomic mass is 9.46. The van der Waals surface area contributed by atoms with Gasteiger partial charge in [-0.15, -0.1) is 11.3 Å². The average Bonchev–Trinajstić information content (AvgIpc) is 3.11. The van der Waals surface area contributed by atoms with Crippen LogP contribution < -0.4 is 10.6 Å². The van der Waals surface area contributed by atoms with Crippen molar-refractivity contribution in [2.24, 2.45) is 16.3 Å². The van der Waals surface area contributed by atoms with Crippen molar-refractivity contribution in [3.8, 4) is 0 Å². The fourth-order valence-corrected chi connectivity index (χ4v) is 6.09. The summed E-state index contributed by atoms with van der Waals surface area (Å²) in [5, 5.41) is 7.45. The number of rotatable bonds is 5. The summed E-state index contributed by atoms with van der Waals surface area (Å²) in [6.07, 6.45) is 6.74. The molecule has 4 rings (SSSR count). The lowest BCUT2D eigenvalue weighted by Gasteiger charge is -2.63. The molecule has 0 bridgehead atoms. The summed E-state index contributed by atoms with van der Waals surface area (Å²) < 4.78 is 6.04. The average molecular weight is 362 g/mol. The van der Waals surface area contributed by atoms with Gasteiger partial charge in [-0.2, -0.15) is 0 Å². The fraction of sp³-hybridized carbons (Fsp3) is 0.750. The topological polar surface area (TPSA) is 45.7 Å². The second-order valence-electron chi connectivity index (χ2n) is 8.04. The molecule has 0 radical (unpaired) electrons. The highest BCUT2D eigenvalue weighted by Gasteiger charge is 2.66. The first-order valence-corrected chi connectivity index (χ1v) is 10.7. The third-order valence-electron chi connectivity index (χ3n) is 6.33. The van der Waals surface area contributed by atoms with E-state index in [2.05, 4.69) is 43.5 Å². The van der Waals surface area contributed by atoms with Crippen molar-refractivity contribution >= 4 is 17.3 Å². The number of fused-ring (bicyclic) bond motifs is 2. The maximum atomic E-state index is 6.04. The van der Waals surface area contributed by atoms with Gasteiger partial charge >= 0.3 is 0 Å². The molecule has 0 aromatic carbocycles. The van der Waals surface area contributed by atoms with Gasteiger partial charge in [-0.25, -0.2) is 0 Å². The van der Waals surface area contributed by atoms with Gasteiger partial charge in [-0.1, -0.05) is 6.42 Å². The maximum Gasteiger partial charge on any atom is 0.191 e. The first-order valence-electron chi connectivity index (χ1n) is 9.87. The molecule has 2 N–H and O–H groups in total. The highest BCUT2D eigenvalue weighted by molar-refractivity contribution is 7.11. The van der Waals surface area contributed by atoms with Crippen molar-refractivity contribution in [3.63, 3.8) is 0 Å². The van der Waals surface area contributed by atoms with E-state index in [0.29, 0.717) is 29.5 Å². The third kappa shape index (κ3) is 3.10. The Kier molecular flexibility index (Phi) is 4.80. The minimum atomic E-state index is 0.379. The second kappa shape index (κ2) is 6.92. The monoisotopic (exact) mass is 361 g/mol. The Morgan fingerprint density at radius 1 is 1.44 bits per heavy atom. The molecule has 4 nitrogen and oxygen atoms in total. The van der Waals surface area contributed by atoms with Crippen molar-refractivity contribution in [1.29, 1.82) is 0 Å². The predicted molar refractivity (Wildman–Crippen MR) is 104 cm³/mol. The first kappa shape index (κ1) is 17.3. The van der Waals surface area contributed by atoms with Gasteiger partial charge in [0, 0.05) is 52.7 Å². The van der Waals surface area contributed by atoms with Gasteiger partial charge in [0.05, 0.1) is 6.10 Å². The molecule has 4 unspecified atom stereocenters. The number of nitrogens with zero attached hydrogens (tertiary/aromatic N) is 1. The number of aliphatic imine (C=N–C) groups is 1. The molecule has 5 heteroatoms. The van der Waals surface area contributed by atoms with Crippen molar-refractivity contribution in [3.05, 3.63) is 21.9 Å². The molecular formula is C20H31N3OS. The van der Waals surface area contributed by atoms with E-state index in [-0.39, 0.29) is 0 Å². The molecule has 1 aromatic rings. The molecule has 3 fully saturated rings. The number of thiophene rings is 1. The molecule has 1 saturated heterocycles. The minimum Gasteiger partial charge on any atom is -0.377 e. The van der Waals surface area contributed by atoms with Crippen molar-refractivity contribution in [2.45, 2.75) is 71.1 Å². The van der Waals surface area contributed by atoms with Crippen molar-refractivity contribution in [2.75, 3.05) is 13.2 Å². The number of guanidine groups is 1. The summed E-state index contributed by atoms with van der Waals surface area (Å²) in [5.74, 6) is 1.67. The predicted octanol–water partition coefficient (Wildman–Crippen LogP) is 3.50. The van der Waals surface area contributed by atoms with Gasteiger partial charge < -0.3 is 15.4 Å². The Balaban J connectivity index is 1.39. The summed E-state index contributed by atoms with van der Waals surface area (Å²) in [6.45, 7) is 8.29. The second-order valence-corrected chi connectivity index (χ2v) is 9.41. The van der Waals surface area contributed by atoms with Crippen LogP contribution in [0.3, 0.4) is 0 Å². The van der Waals surface area contributed by atoms with Gasteiger partial charge in [0.15, 0.2) is 5.96 Å². The summed E-state index contributed by atoms with van der Waals surface area (Å²) >= 11 is 1.89. The zero-order valence-electron chi connectivity index (χ0n) is 15.7. The largest absolute Gasteiger partial charge is 0.377 e. The molecule has 2 aliphatic carbocycles. The summed E-state index contributed by atoms with van der Waals surface area (Å²) in [4.78, 5) is 7.55. The molecule has 2 saturated carbocycles. The van der Waals surface area contributed by atoms with Crippen LogP contribution in [-0.2, 0) is 11.2 Å². The van der Waals surface area contributed by atoms with Crippen LogP contribution in [0.2, 0.25) is 0 Å². The molecule has 0 amide bonds.